The molecule has 0 spiro atoms. The summed E-state index contributed by atoms with van der Waals surface area (Å²) in [6.07, 6.45) is 15.7. The lowest BCUT2D eigenvalue weighted by Crippen LogP contribution is -1.89. The number of carboxylic acids is 1. The first-order valence-corrected chi connectivity index (χ1v) is 7.27. The molecule has 0 amide bonds. The highest BCUT2D eigenvalue weighted by Crippen LogP contribution is 2.16. The van der Waals surface area contributed by atoms with Gasteiger partial charge in [-0.3, -0.25) is 4.79 Å². The Balaban J connectivity index is 4.11. The Labute approximate surface area is 112 Å². The van der Waals surface area contributed by atoms with Crippen LogP contribution in [0.5, 0.6) is 0 Å². The van der Waals surface area contributed by atoms with E-state index in [0.29, 0.717) is 0 Å². The summed E-state index contributed by atoms with van der Waals surface area (Å²) in [5, 5.41) is 8.55. The summed E-state index contributed by atoms with van der Waals surface area (Å²) < 4.78 is 0. The van der Waals surface area contributed by atoms with Gasteiger partial charge in [0.25, 0.3) is 0 Å². The van der Waals surface area contributed by atoms with E-state index in [-0.39, 0.29) is 6.42 Å². The highest BCUT2D eigenvalue weighted by molar-refractivity contribution is 5.68. The smallest absolute Gasteiger partial charge is 0.307 e. The Kier molecular flexibility index (Phi) is 11.7. The van der Waals surface area contributed by atoms with E-state index in [1.165, 1.54) is 44.1 Å². The molecule has 0 atom stereocenters. The average Bonchev–Trinajstić information content (AvgIpc) is 2.34. The molecular formula is C16H28O2. The molecule has 0 aromatic heterocycles. The molecule has 0 rings (SSSR count). The van der Waals surface area contributed by atoms with Crippen LogP contribution in [0, 0.1) is 0 Å². The summed E-state index contributed by atoms with van der Waals surface area (Å²) >= 11 is 0. The number of hydrogen-bond donors (Lipinski definition) is 1. The third-order valence-electron chi connectivity index (χ3n) is 2.96. The van der Waals surface area contributed by atoms with Crippen LogP contribution in [0.15, 0.2) is 23.8 Å². The third-order valence-corrected chi connectivity index (χ3v) is 2.96. The van der Waals surface area contributed by atoms with E-state index in [4.69, 9.17) is 5.11 Å². The van der Waals surface area contributed by atoms with Gasteiger partial charge in [-0.05, 0) is 25.7 Å². The predicted molar refractivity (Wildman–Crippen MR) is 77.8 cm³/mol. The number of aliphatic carboxylic acids is 1. The van der Waals surface area contributed by atoms with Crippen molar-refractivity contribution in [3.8, 4) is 0 Å². The second kappa shape index (κ2) is 12.4. The van der Waals surface area contributed by atoms with Crippen molar-refractivity contribution < 1.29 is 9.90 Å². The van der Waals surface area contributed by atoms with Crippen LogP contribution in [0.3, 0.4) is 0 Å². The van der Waals surface area contributed by atoms with Crippen LogP contribution < -0.4 is 0 Å². The minimum atomic E-state index is -0.766. The van der Waals surface area contributed by atoms with Crippen LogP contribution in [0.2, 0.25) is 0 Å². The van der Waals surface area contributed by atoms with Crippen molar-refractivity contribution >= 4 is 5.97 Å². The van der Waals surface area contributed by atoms with Crippen molar-refractivity contribution in [1.82, 2.24) is 0 Å². The Morgan fingerprint density at radius 3 is 2.00 bits per heavy atom. The Bertz CT molecular complexity index is 252. The molecule has 104 valence electrons. The number of unbranched alkanes of at least 4 members (excludes halogenated alkanes) is 4. The van der Waals surface area contributed by atoms with Crippen LogP contribution in [-0.4, -0.2) is 11.1 Å². The fraction of sp³-hybridized carbons (Fsp3) is 0.688. The van der Waals surface area contributed by atoms with E-state index in [2.05, 4.69) is 19.9 Å². The zero-order valence-electron chi connectivity index (χ0n) is 12.0. The normalized spacial score (nSPS) is 10.8. The molecule has 0 aliphatic rings. The van der Waals surface area contributed by atoms with Gasteiger partial charge >= 0.3 is 5.97 Å². The molecule has 0 aromatic rings. The van der Waals surface area contributed by atoms with Crippen LogP contribution in [0.4, 0.5) is 0 Å². The first kappa shape index (κ1) is 16.9. The molecule has 0 aromatic carbocycles. The van der Waals surface area contributed by atoms with Gasteiger partial charge in [0.15, 0.2) is 0 Å². The van der Waals surface area contributed by atoms with Gasteiger partial charge in [-0.2, -0.15) is 0 Å². The van der Waals surface area contributed by atoms with Gasteiger partial charge in [-0.1, -0.05) is 63.3 Å². The first-order chi connectivity index (χ1) is 8.70. The van der Waals surface area contributed by atoms with Crippen LogP contribution >= 0.6 is 0 Å². The maximum Gasteiger partial charge on any atom is 0.307 e. The zero-order chi connectivity index (χ0) is 13.6. The second-order valence-electron chi connectivity index (χ2n) is 4.77. The minimum absolute atomic E-state index is 0.119. The number of carboxylic acid groups (broad SMARTS) is 1. The first-order valence-electron chi connectivity index (χ1n) is 7.27. The monoisotopic (exact) mass is 252 g/mol. The molecule has 2 heteroatoms. The number of hydrogen-bond acceptors (Lipinski definition) is 1. The molecule has 0 aliphatic carbocycles. The molecule has 0 aliphatic heterocycles. The van der Waals surface area contributed by atoms with Crippen LogP contribution in [0.1, 0.15) is 71.6 Å². The minimum Gasteiger partial charge on any atom is -0.481 e. The summed E-state index contributed by atoms with van der Waals surface area (Å²) in [7, 11) is 0. The molecule has 18 heavy (non-hydrogen) atoms. The molecule has 0 fully saturated rings. The summed E-state index contributed by atoms with van der Waals surface area (Å²) in [4.78, 5) is 10.4. The molecule has 1 N–H and O–H groups in total. The molecule has 0 saturated carbocycles. The molecular weight excluding hydrogens is 224 g/mol. The van der Waals surface area contributed by atoms with Crippen molar-refractivity contribution in [3.05, 3.63) is 23.8 Å². The lowest BCUT2D eigenvalue weighted by molar-refractivity contribution is -0.136. The quantitative estimate of drug-likeness (QED) is 0.410. The molecule has 0 saturated heterocycles. The summed E-state index contributed by atoms with van der Waals surface area (Å²) in [6.45, 7) is 4.43. The third kappa shape index (κ3) is 11.4. The predicted octanol–water partition coefficient (Wildman–Crippen LogP) is 5.10. The van der Waals surface area contributed by atoms with Crippen molar-refractivity contribution in [2.45, 2.75) is 71.6 Å². The zero-order valence-corrected chi connectivity index (χ0v) is 12.0. The van der Waals surface area contributed by atoms with Crippen LogP contribution in [0.25, 0.3) is 0 Å². The van der Waals surface area contributed by atoms with Gasteiger partial charge < -0.3 is 5.11 Å². The Morgan fingerprint density at radius 2 is 1.56 bits per heavy atom. The van der Waals surface area contributed by atoms with Gasteiger partial charge in [-0.25, -0.2) is 0 Å². The molecule has 0 bridgehead atoms. The lowest BCUT2D eigenvalue weighted by Gasteiger charge is -2.06. The standard InChI is InChI=1S/C16H28O2/c1-3-5-7-11-15(12-8-6-4-2)13-9-10-14-16(17)18/h9-10,13H,3-8,11-12,14H2,1-2H3,(H,17,18). The molecule has 2 nitrogen and oxygen atoms in total. The van der Waals surface area contributed by atoms with E-state index in [1.807, 2.05) is 6.08 Å². The van der Waals surface area contributed by atoms with E-state index >= 15 is 0 Å². The fourth-order valence-corrected chi connectivity index (χ4v) is 1.87. The molecule has 0 radical (unpaired) electrons. The fourth-order valence-electron chi connectivity index (χ4n) is 1.87. The van der Waals surface area contributed by atoms with Crippen molar-refractivity contribution in [3.63, 3.8) is 0 Å². The SMILES string of the molecule is CCCCCC(=CC=CCC(=O)O)CCCCC. The lowest BCUT2D eigenvalue weighted by atomic mass is 10.0. The van der Waals surface area contributed by atoms with E-state index in [1.54, 1.807) is 6.08 Å². The molecule has 0 unspecified atom stereocenters. The Morgan fingerprint density at radius 1 is 1.00 bits per heavy atom. The summed E-state index contributed by atoms with van der Waals surface area (Å²) in [6, 6.07) is 0. The van der Waals surface area contributed by atoms with Crippen molar-refractivity contribution in [2.75, 3.05) is 0 Å². The van der Waals surface area contributed by atoms with Gasteiger partial charge in [0.1, 0.15) is 0 Å². The highest BCUT2D eigenvalue weighted by Gasteiger charge is 1.97. The van der Waals surface area contributed by atoms with Crippen molar-refractivity contribution in [2.24, 2.45) is 0 Å². The number of rotatable bonds is 11. The summed E-state index contributed by atoms with van der Waals surface area (Å²) in [5.74, 6) is -0.766. The summed E-state index contributed by atoms with van der Waals surface area (Å²) in [5.41, 5.74) is 1.47. The van der Waals surface area contributed by atoms with Gasteiger partial charge in [0.2, 0.25) is 0 Å². The topological polar surface area (TPSA) is 37.3 Å². The number of carbonyl (C=O) groups is 1. The second-order valence-corrected chi connectivity index (χ2v) is 4.77. The number of allylic oxidation sites excluding steroid dienone is 3. The average molecular weight is 252 g/mol. The highest BCUT2D eigenvalue weighted by atomic mass is 16.4. The molecule has 0 heterocycles. The van der Waals surface area contributed by atoms with E-state index in [9.17, 15) is 4.79 Å². The van der Waals surface area contributed by atoms with Gasteiger partial charge in [0, 0.05) is 0 Å². The maximum atomic E-state index is 10.4. The Hall–Kier alpha value is -1.05. The maximum absolute atomic E-state index is 10.4. The van der Waals surface area contributed by atoms with E-state index < -0.39 is 5.97 Å². The van der Waals surface area contributed by atoms with E-state index in [0.717, 1.165) is 12.8 Å². The van der Waals surface area contributed by atoms with Crippen LogP contribution in [-0.2, 0) is 4.79 Å². The van der Waals surface area contributed by atoms with Gasteiger partial charge in [0.05, 0.1) is 6.42 Å². The van der Waals surface area contributed by atoms with Crippen molar-refractivity contribution in [1.29, 1.82) is 0 Å². The van der Waals surface area contributed by atoms with Gasteiger partial charge in [-0.15, -0.1) is 0 Å². The largest absolute Gasteiger partial charge is 0.481 e.